The topological polar surface area (TPSA) is 66.8 Å². The highest BCUT2D eigenvalue weighted by atomic mass is 32.1. The standard InChI is InChI=1S/C24H25FN6S/c1-16-23(21-10-11-31(30-21)15-17-6-5-9-20(25)12-17)32-24(28-16)26-13-19-14-27-29-22(19)18-7-3-2-4-8-18/h2-12,19,22,27,29H,13-15H2,1H3,(H,26,28). The molecule has 1 fully saturated rings. The zero-order valence-electron chi connectivity index (χ0n) is 17.8. The first-order chi connectivity index (χ1) is 15.7. The lowest BCUT2D eigenvalue weighted by Gasteiger charge is -2.18. The molecule has 0 radical (unpaired) electrons. The molecule has 1 saturated heterocycles. The first kappa shape index (κ1) is 20.8. The van der Waals surface area contributed by atoms with E-state index in [2.05, 4.69) is 45.5 Å². The van der Waals surface area contributed by atoms with Gasteiger partial charge in [0.05, 0.1) is 23.2 Å². The monoisotopic (exact) mass is 448 g/mol. The molecule has 8 heteroatoms. The van der Waals surface area contributed by atoms with Crippen LogP contribution in [0, 0.1) is 18.7 Å². The van der Waals surface area contributed by atoms with Crippen LogP contribution in [0.3, 0.4) is 0 Å². The number of hydrogen-bond acceptors (Lipinski definition) is 6. The highest BCUT2D eigenvalue weighted by Gasteiger charge is 2.28. The second-order valence-electron chi connectivity index (χ2n) is 8.02. The number of aryl methyl sites for hydroxylation is 1. The van der Waals surface area contributed by atoms with Crippen LogP contribution in [-0.2, 0) is 6.54 Å². The summed E-state index contributed by atoms with van der Waals surface area (Å²) >= 11 is 1.62. The predicted molar refractivity (Wildman–Crippen MR) is 126 cm³/mol. The first-order valence-electron chi connectivity index (χ1n) is 10.7. The van der Waals surface area contributed by atoms with Crippen LogP contribution in [0.5, 0.6) is 0 Å². The van der Waals surface area contributed by atoms with Gasteiger partial charge in [-0.1, -0.05) is 53.8 Å². The van der Waals surface area contributed by atoms with Crippen molar-refractivity contribution >= 4 is 16.5 Å². The van der Waals surface area contributed by atoms with Gasteiger partial charge in [-0.3, -0.25) is 10.1 Å². The van der Waals surface area contributed by atoms with E-state index < -0.39 is 0 Å². The van der Waals surface area contributed by atoms with E-state index in [1.807, 2.05) is 36.0 Å². The van der Waals surface area contributed by atoms with Crippen molar-refractivity contribution in [3.8, 4) is 10.6 Å². The fourth-order valence-electron chi connectivity index (χ4n) is 4.06. The summed E-state index contributed by atoms with van der Waals surface area (Å²) < 4.78 is 15.3. The Kier molecular flexibility index (Phi) is 5.98. The van der Waals surface area contributed by atoms with Gasteiger partial charge in [-0.15, -0.1) is 0 Å². The maximum absolute atomic E-state index is 13.4. The van der Waals surface area contributed by atoms with Crippen molar-refractivity contribution in [2.45, 2.75) is 19.5 Å². The molecule has 3 heterocycles. The average Bonchev–Trinajstić information content (AvgIpc) is 3.53. The number of benzene rings is 2. The molecule has 2 aromatic carbocycles. The third-order valence-corrected chi connectivity index (χ3v) is 6.81. The van der Waals surface area contributed by atoms with Gasteiger partial charge in [0.2, 0.25) is 0 Å². The van der Waals surface area contributed by atoms with Crippen LogP contribution in [0.25, 0.3) is 10.6 Å². The lowest BCUT2D eigenvalue weighted by atomic mass is 9.95. The van der Waals surface area contributed by atoms with Gasteiger partial charge in [0.15, 0.2) is 5.13 Å². The van der Waals surface area contributed by atoms with Crippen LogP contribution in [0.4, 0.5) is 9.52 Å². The summed E-state index contributed by atoms with van der Waals surface area (Å²) in [4.78, 5) is 5.77. The Morgan fingerprint density at radius 3 is 2.88 bits per heavy atom. The summed E-state index contributed by atoms with van der Waals surface area (Å²) in [6.07, 6.45) is 1.92. The quantitative estimate of drug-likeness (QED) is 0.392. The summed E-state index contributed by atoms with van der Waals surface area (Å²) in [5.41, 5.74) is 10.7. The van der Waals surface area contributed by atoms with Crippen LogP contribution >= 0.6 is 11.3 Å². The summed E-state index contributed by atoms with van der Waals surface area (Å²) in [6, 6.07) is 19.4. The number of anilines is 1. The number of rotatable bonds is 7. The Bertz CT molecular complexity index is 1190. The normalized spacial score (nSPS) is 18.2. The lowest BCUT2D eigenvalue weighted by Crippen LogP contribution is -2.25. The van der Waals surface area contributed by atoms with Gasteiger partial charge < -0.3 is 5.32 Å². The maximum atomic E-state index is 13.4. The molecule has 2 aromatic heterocycles. The minimum absolute atomic E-state index is 0.230. The van der Waals surface area contributed by atoms with E-state index in [0.29, 0.717) is 12.5 Å². The molecule has 32 heavy (non-hydrogen) atoms. The average molecular weight is 449 g/mol. The first-order valence-corrected chi connectivity index (χ1v) is 11.5. The number of nitrogens with one attached hydrogen (secondary N) is 3. The van der Waals surface area contributed by atoms with E-state index in [-0.39, 0.29) is 11.9 Å². The fourth-order valence-corrected chi connectivity index (χ4v) is 5.00. The Hall–Kier alpha value is -3.07. The molecule has 3 N–H and O–H groups in total. The molecule has 0 spiro atoms. The summed E-state index contributed by atoms with van der Waals surface area (Å²) in [5, 5.41) is 9.11. The molecule has 1 aliphatic heterocycles. The maximum Gasteiger partial charge on any atom is 0.183 e. The predicted octanol–water partition coefficient (Wildman–Crippen LogP) is 4.38. The van der Waals surface area contributed by atoms with Crippen molar-refractivity contribution in [2.75, 3.05) is 18.4 Å². The number of hydrazine groups is 1. The van der Waals surface area contributed by atoms with Gasteiger partial charge in [0.1, 0.15) is 11.5 Å². The van der Waals surface area contributed by atoms with Crippen LogP contribution in [-0.4, -0.2) is 27.9 Å². The van der Waals surface area contributed by atoms with E-state index in [0.717, 1.165) is 40.0 Å². The molecule has 6 nitrogen and oxygen atoms in total. The Labute approximate surface area is 190 Å². The van der Waals surface area contributed by atoms with Gasteiger partial charge >= 0.3 is 0 Å². The number of nitrogens with zero attached hydrogens (tertiary/aromatic N) is 3. The van der Waals surface area contributed by atoms with Crippen molar-refractivity contribution in [2.24, 2.45) is 5.92 Å². The molecule has 4 aromatic rings. The van der Waals surface area contributed by atoms with Crippen molar-refractivity contribution in [1.82, 2.24) is 25.6 Å². The molecule has 0 saturated carbocycles. The van der Waals surface area contributed by atoms with Crippen molar-refractivity contribution in [1.29, 1.82) is 0 Å². The lowest BCUT2D eigenvalue weighted by molar-refractivity contribution is 0.493. The highest BCUT2D eigenvalue weighted by molar-refractivity contribution is 7.19. The van der Waals surface area contributed by atoms with E-state index >= 15 is 0 Å². The third kappa shape index (κ3) is 4.57. The fraction of sp³-hybridized carbons (Fsp3) is 0.250. The highest BCUT2D eigenvalue weighted by Crippen LogP contribution is 2.32. The molecule has 5 rings (SSSR count). The Morgan fingerprint density at radius 1 is 1.16 bits per heavy atom. The van der Waals surface area contributed by atoms with E-state index in [9.17, 15) is 4.39 Å². The zero-order valence-corrected chi connectivity index (χ0v) is 18.6. The number of halogens is 1. The van der Waals surface area contributed by atoms with Crippen LogP contribution in [0.1, 0.15) is 22.9 Å². The van der Waals surface area contributed by atoms with Crippen molar-refractivity contribution in [3.05, 3.63) is 89.5 Å². The van der Waals surface area contributed by atoms with E-state index in [1.165, 1.54) is 17.7 Å². The van der Waals surface area contributed by atoms with Crippen LogP contribution < -0.4 is 16.2 Å². The molecular formula is C24H25FN6S. The van der Waals surface area contributed by atoms with Crippen molar-refractivity contribution < 1.29 is 4.39 Å². The number of aromatic nitrogens is 3. The van der Waals surface area contributed by atoms with Crippen molar-refractivity contribution in [3.63, 3.8) is 0 Å². The summed E-state index contributed by atoms with van der Waals surface area (Å²) in [7, 11) is 0. The van der Waals surface area contributed by atoms with Crippen LogP contribution in [0.2, 0.25) is 0 Å². The molecule has 0 bridgehead atoms. The SMILES string of the molecule is Cc1nc(NCC2CNNC2c2ccccc2)sc1-c1ccn(Cc2cccc(F)c2)n1. The molecule has 0 amide bonds. The number of hydrogen-bond donors (Lipinski definition) is 3. The molecule has 164 valence electrons. The molecular weight excluding hydrogens is 423 g/mol. The van der Waals surface area contributed by atoms with Gasteiger partial charge in [0.25, 0.3) is 0 Å². The second kappa shape index (κ2) is 9.20. The molecule has 2 unspecified atom stereocenters. The second-order valence-corrected chi connectivity index (χ2v) is 9.02. The van der Waals surface area contributed by atoms with Gasteiger partial charge in [-0.05, 0) is 36.2 Å². The zero-order chi connectivity index (χ0) is 21.9. The van der Waals surface area contributed by atoms with Gasteiger partial charge in [-0.25, -0.2) is 14.8 Å². The van der Waals surface area contributed by atoms with E-state index in [4.69, 9.17) is 4.98 Å². The molecule has 2 atom stereocenters. The largest absolute Gasteiger partial charge is 0.361 e. The molecule has 0 aliphatic carbocycles. The van der Waals surface area contributed by atoms with Gasteiger partial charge in [-0.2, -0.15) is 5.10 Å². The minimum Gasteiger partial charge on any atom is -0.361 e. The smallest absolute Gasteiger partial charge is 0.183 e. The Morgan fingerprint density at radius 2 is 2.03 bits per heavy atom. The minimum atomic E-state index is -0.230. The van der Waals surface area contributed by atoms with Gasteiger partial charge in [0, 0.05) is 25.2 Å². The third-order valence-electron chi connectivity index (χ3n) is 5.67. The van der Waals surface area contributed by atoms with Crippen LogP contribution in [0.15, 0.2) is 66.9 Å². The number of thiazole rings is 1. The van der Waals surface area contributed by atoms with E-state index in [1.54, 1.807) is 17.4 Å². The Balaban J connectivity index is 1.25. The summed E-state index contributed by atoms with van der Waals surface area (Å²) in [5.74, 6) is 0.182. The molecule has 1 aliphatic rings. The summed E-state index contributed by atoms with van der Waals surface area (Å²) in [6.45, 7) is 4.26.